The molecule has 0 spiro atoms. The Labute approximate surface area is 120 Å². The van der Waals surface area contributed by atoms with Crippen molar-refractivity contribution in [1.82, 2.24) is 15.3 Å². The van der Waals surface area contributed by atoms with Crippen molar-refractivity contribution >= 4 is 11.6 Å². The van der Waals surface area contributed by atoms with Gasteiger partial charge in [-0.25, -0.2) is 9.97 Å². The number of amides is 1. The molecule has 0 aliphatic heterocycles. The fraction of sp³-hybridized carbons (Fsp3) is 0.643. The Morgan fingerprint density at radius 1 is 1.45 bits per heavy atom. The third-order valence-corrected chi connectivity index (χ3v) is 3.00. The van der Waals surface area contributed by atoms with Crippen molar-refractivity contribution in [2.75, 3.05) is 26.1 Å². The molecule has 1 atom stereocenters. The Kier molecular flexibility index (Phi) is 6.38. The minimum Gasteiger partial charge on any atom is -0.385 e. The molecule has 1 aromatic heterocycles. The summed E-state index contributed by atoms with van der Waals surface area (Å²) in [6.45, 7) is 6.48. The first-order valence-electron chi connectivity index (χ1n) is 6.87. The molecule has 0 aromatic carbocycles. The van der Waals surface area contributed by atoms with Gasteiger partial charge in [0, 0.05) is 20.1 Å². The molecule has 0 radical (unpaired) electrons. The zero-order valence-corrected chi connectivity index (χ0v) is 12.9. The van der Waals surface area contributed by atoms with Crippen LogP contribution in [0.2, 0.25) is 0 Å². The van der Waals surface area contributed by atoms with Crippen LogP contribution in [0, 0.1) is 0 Å². The molecule has 1 rings (SSSR count). The lowest BCUT2D eigenvalue weighted by atomic mass is 10.2. The minimum atomic E-state index is -0.206. The van der Waals surface area contributed by atoms with Crippen LogP contribution in [0.15, 0.2) is 6.20 Å². The molecule has 0 aliphatic carbocycles. The second-order valence-electron chi connectivity index (χ2n) is 4.93. The first-order chi connectivity index (χ1) is 9.53. The summed E-state index contributed by atoms with van der Waals surface area (Å²) in [6, 6.07) is -0.0188. The highest BCUT2D eigenvalue weighted by Crippen LogP contribution is 2.16. The maximum atomic E-state index is 12.3. The number of methoxy groups -OCH3 is 1. The molecular weight excluding hydrogens is 256 g/mol. The van der Waals surface area contributed by atoms with Gasteiger partial charge in [0.15, 0.2) is 5.69 Å². The number of ether oxygens (including phenoxy) is 1. The Morgan fingerprint density at radius 2 is 2.15 bits per heavy atom. The first-order valence-corrected chi connectivity index (χ1v) is 6.87. The van der Waals surface area contributed by atoms with Crippen LogP contribution in [-0.4, -0.2) is 42.7 Å². The van der Waals surface area contributed by atoms with Crippen LogP contribution in [0.3, 0.4) is 0 Å². The van der Waals surface area contributed by atoms with Crippen molar-refractivity contribution in [3.8, 4) is 0 Å². The normalized spacial score (nSPS) is 12.3. The summed E-state index contributed by atoms with van der Waals surface area (Å²) in [4.78, 5) is 21.0. The highest BCUT2D eigenvalue weighted by Gasteiger charge is 2.18. The Hall–Kier alpha value is -1.69. The van der Waals surface area contributed by atoms with Crippen molar-refractivity contribution in [2.45, 2.75) is 39.2 Å². The van der Waals surface area contributed by atoms with E-state index in [0.717, 1.165) is 6.42 Å². The van der Waals surface area contributed by atoms with E-state index in [1.165, 1.54) is 0 Å². The number of rotatable bonds is 7. The van der Waals surface area contributed by atoms with E-state index in [1.54, 1.807) is 20.4 Å². The van der Waals surface area contributed by atoms with Crippen LogP contribution in [0.1, 0.15) is 49.4 Å². The number of aromatic nitrogens is 2. The number of carbonyl (C=O) groups is 1. The topological polar surface area (TPSA) is 76.1 Å². The van der Waals surface area contributed by atoms with Gasteiger partial charge in [-0.3, -0.25) is 4.79 Å². The van der Waals surface area contributed by atoms with E-state index < -0.39 is 0 Å². The van der Waals surface area contributed by atoms with E-state index in [-0.39, 0.29) is 17.9 Å². The summed E-state index contributed by atoms with van der Waals surface area (Å²) < 4.78 is 5.09. The number of hydrogen-bond donors (Lipinski definition) is 2. The summed E-state index contributed by atoms with van der Waals surface area (Å²) in [6.07, 6.45) is 2.45. The van der Waals surface area contributed by atoms with Crippen LogP contribution in [0.25, 0.3) is 0 Å². The third-order valence-electron chi connectivity index (χ3n) is 3.00. The maximum absolute atomic E-state index is 12.3. The van der Waals surface area contributed by atoms with E-state index >= 15 is 0 Å². The third kappa shape index (κ3) is 4.16. The lowest BCUT2D eigenvalue weighted by Gasteiger charge is -2.17. The van der Waals surface area contributed by atoms with Gasteiger partial charge in [-0.2, -0.15) is 0 Å². The highest BCUT2D eigenvalue weighted by molar-refractivity contribution is 5.97. The standard InChI is InChI=1S/C14H24N4O2/c1-6-10(8-20-5)17-14(19)12-11(15-4)7-16-13(18-12)9(2)3/h7,9-10,15H,6,8H2,1-5H3,(H,17,19). The summed E-state index contributed by atoms with van der Waals surface area (Å²) >= 11 is 0. The van der Waals surface area contributed by atoms with Gasteiger partial charge in [0.2, 0.25) is 0 Å². The molecule has 1 heterocycles. The van der Waals surface area contributed by atoms with Crippen molar-refractivity contribution in [3.05, 3.63) is 17.7 Å². The summed E-state index contributed by atoms with van der Waals surface area (Å²) in [5, 5.41) is 5.88. The van der Waals surface area contributed by atoms with Gasteiger partial charge in [0.25, 0.3) is 5.91 Å². The van der Waals surface area contributed by atoms with Gasteiger partial charge in [-0.15, -0.1) is 0 Å². The molecule has 1 amide bonds. The summed E-state index contributed by atoms with van der Waals surface area (Å²) in [7, 11) is 3.37. The second kappa shape index (κ2) is 7.79. The zero-order valence-electron chi connectivity index (χ0n) is 12.9. The monoisotopic (exact) mass is 280 g/mol. The first kappa shape index (κ1) is 16.4. The van der Waals surface area contributed by atoms with Crippen LogP contribution >= 0.6 is 0 Å². The molecule has 6 heteroatoms. The van der Waals surface area contributed by atoms with Crippen LogP contribution in [0.4, 0.5) is 5.69 Å². The largest absolute Gasteiger partial charge is 0.385 e. The molecule has 0 saturated carbocycles. The number of carbonyl (C=O) groups excluding carboxylic acids is 1. The van der Waals surface area contributed by atoms with Crippen LogP contribution in [-0.2, 0) is 4.74 Å². The Bertz CT molecular complexity index is 449. The van der Waals surface area contributed by atoms with Gasteiger partial charge < -0.3 is 15.4 Å². The molecule has 0 fully saturated rings. The van der Waals surface area contributed by atoms with Crippen molar-refractivity contribution < 1.29 is 9.53 Å². The summed E-state index contributed by atoms with van der Waals surface area (Å²) in [5.41, 5.74) is 1.000. The average Bonchev–Trinajstić information content (AvgIpc) is 2.45. The lowest BCUT2D eigenvalue weighted by Crippen LogP contribution is -2.38. The molecule has 6 nitrogen and oxygen atoms in total. The van der Waals surface area contributed by atoms with Crippen molar-refractivity contribution in [2.24, 2.45) is 0 Å². The Morgan fingerprint density at radius 3 is 2.65 bits per heavy atom. The molecule has 112 valence electrons. The molecule has 0 bridgehead atoms. The second-order valence-corrected chi connectivity index (χ2v) is 4.93. The average molecular weight is 280 g/mol. The summed E-state index contributed by atoms with van der Waals surface area (Å²) in [5.74, 6) is 0.630. The van der Waals surface area contributed by atoms with E-state index in [0.29, 0.717) is 23.8 Å². The van der Waals surface area contributed by atoms with E-state index in [1.807, 2.05) is 20.8 Å². The molecule has 0 saturated heterocycles. The van der Waals surface area contributed by atoms with E-state index in [9.17, 15) is 4.79 Å². The van der Waals surface area contributed by atoms with Crippen LogP contribution < -0.4 is 10.6 Å². The number of nitrogens with zero attached hydrogens (tertiary/aromatic N) is 2. The quantitative estimate of drug-likeness (QED) is 0.796. The van der Waals surface area contributed by atoms with Gasteiger partial charge >= 0.3 is 0 Å². The van der Waals surface area contributed by atoms with Gasteiger partial charge in [0.1, 0.15) is 5.82 Å². The van der Waals surface area contributed by atoms with Crippen molar-refractivity contribution in [1.29, 1.82) is 0 Å². The fourth-order valence-corrected chi connectivity index (χ4v) is 1.75. The van der Waals surface area contributed by atoms with Crippen LogP contribution in [0.5, 0.6) is 0 Å². The maximum Gasteiger partial charge on any atom is 0.272 e. The van der Waals surface area contributed by atoms with E-state index in [2.05, 4.69) is 20.6 Å². The molecule has 1 unspecified atom stereocenters. The number of anilines is 1. The Balaban J connectivity index is 2.97. The minimum absolute atomic E-state index is 0.0188. The molecular formula is C14H24N4O2. The zero-order chi connectivity index (χ0) is 15.1. The number of nitrogens with one attached hydrogen (secondary N) is 2. The molecule has 0 aliphatic rings. The van der Waals surface area contributed by atoms with Gasteiger partial charge in [-0.1, -0.05) is 20.8 Å². The van der Waals surface area contributed by atoms with Gasteiger partial charge in [-0.05, 0) is 6.42 Å². The van der Waals surface area contributed by atoms with Crippen molar-refractivity contribution in [3.63, 3.8) is 0 Å². The predicted molar refractivity (Wildman–Crippen MR) is 79.1 cm³/mol. The highest BCUT2D eigenvalue weighted by atomic mass is 16.5. The lowest BCUT2D eigenvalue weighted by molar-refractivity contribution is 0.0890. The molecule has 20 heavy (non-hydrogen) atoms. The smallest absolute Gasteiger partial charge is 0.272 e. The fourth-order valence-electron chi connectivity index (χ4n) is 1.75. The van der Waals surface area contributed by atoms with Gasteiger partial charge in [0.05, 0.1) is 24.5 Å². The molecule has 2 N–H and O–H groups in total. The number of hydrogen-bond acceptors (Lipinski definition) is 5. The molecule has 1 aromatic rings. The van der Waals surface area contributed by atoms with E-state index in [4.69, 9.17) is 4.74 Å². The SMILES string of the molecule is CCC(COC)NC(=O)c1nc(C(C)C)ncc1NC. The predicted octanol–water partition coefficient (Wildman–Crippen LogP) is 1.80.